The van der Waals surface area contributed by atoms with Crippen molar-refractivity contribution in [3.05, 3.63) is 36.0 Å². The molecule has 0 unspecified atom stereocenters. The minimum atomic E-state index is 0.560. The SMILES string of the molecule is COc1c(-c2ccc(CN)cc2)cnn1C. The van der Waals surface area contributed by atoms with Gasteiger partial charge in [-0.15, -0.1) is 0 Å². The summed E-state index contributed by atoms with van der Waals surface area (Å²) in [7, 11) is 3.51. The van der Waals surface area contributed by atoms with Crippen molar-refractivity contribution in [2.45, 2.75) is 6.54 Å². The first-order chi connectivity index (χ1) is 7.76. The zero-order valence-corrected chi connectivity index (χ0v) is 9.47. The van der Waals surface area contributed by atoms with Gasteiger partial charge in [0.05, 0.1) is 18.9 Å². The standard InChI is InChI=1S/C12H15N3O/c1-15-12(16-2)11(8-14-15)10-5-3-9(7-13)4-6-10/h3-6,8H,7,13H2,1-2H3. The number of benzene rings is 1. The molecule has 0 amide bonds. The summed E-state index contributed by atoms with van der Waals surface area (Å²) in [6.45, 7) is 0.560. The fourth-order valence-corrected chi connectivity index (χ4v) is 1.69. The first-order valence-electron chi connectivity index (χ1n) is 5.11. The molecule has 2 aromatic rings. The van der Waals surface area contributed by atoms with Crippen molar-refractivity contribution in [1.82, 2.24) is 9.78 Å². The number of aromatic nitrogens is 2. The van der Waals surface area contributed by atoms with Crippen LogP contribution >= 0.6 is 0 Å². The van der Waals surface area contributed by atoms with Crippen molar-refractivity contribution in [1.29, 1.82) is 0 Å². The summed E-state index contributed by atoms with van der Waals surface area (Å²) < 4.78 is 7.02. The van der Waals surface area contributed by atoms with Gasteiger partial charge < -0.3 is 10.5 Å². The van der Waals surface area contributed by atoms with Crippen LogP contribution in [0.4, 0.5) is 0 Å². The molecule has 1 heterocycles. The lowest BCUT2D eigenvalue weighted by molar-refractivity contribution is 0.375. The van der Waals surface area contributed by atoms with Gasteiger partial charge in [-0.2, -0.15) is 5.10 Å². The fourth-order valence-electron chi connectivity index (χ4n) is 1.69. The van der Waals surface area contributed by atoms with Gasteiger partial charge in [0.25, 0.3) is 0 Å². The maximum absolute atomic E-state index is 5.56. The van der Waals surface area contributed by atoms with Crippen LogP contribution in [-0.4, -0.2) is 16.9 Å². The lowest BCUT2D eigenvalue weighted by atomic mass is 10.1. The fraction of sp³-hybridized carbons (Fsp3) is 0.250. The van der Waals surface area contributed by atoms with Crippen molar-refractivity contribution in [2.24, 2.45) is 12.8 Å². The third kappa shape index (κ3) is 1.79. The lowest BCUT2D eigenvalue weighted by Gasteiger charge is -2.05. The van der Waals surface area contributed by atoms with E-state index in [0.717, 1.165) is 22.6 Å². The highest BCUT2D eigenvalue weighted by Gasteiger charge is 2.10. The van der Waals surface area contributed by atoms with E-state index in [-0.39, 0.29) is 0 Å². The van der Waals surface area contributed by atoms with E-state index in [1.54, 1.807) is 18.0 Å². The van der Waals surface area contributed by atoms with Crippen molar-refractivity contribution in [3.63, 3.8) is 0 Å². The highest BCUT2D eigenvalue weighted by atomic mass is 16.5. The Morgan fingerprint density at radius 2 is 2.00 bits per heavy atom. The molecule has 4 nitrogen and oxygen atoms in total. The van der Waals surface area contributed by atoms with E-state index >= 15 is 0 Å². The average Bonchev–Trinajstić information content (AvgIpc) is 2.70. The minimum Gasteiger partial charge on any atom is -0.481 e. The normalized spacial score (nSPS) is 10.4. The van der Waals surface area contributed by atoms with Gasteiger partial charge in [-0.1, -0.05) is 24.3 Å². The third-order valence-corrected chi connectivity index (χ3v) is 2.58. The molecular formula is C12H15N3O. The second-order valence-corrected chi connectivity index (χ2v) is 3.59. The Morgan fingerprint density at radius 1 is 1.31 bits per heavy atom. The van der Waals surface area contributed by atoms with Crippen LogP contribution in [0.15, 0.2) is 30.5 Å². The van der Waals surface area contributed by atoms with E-state index in [1.807, 2.05) is 31.3 Å². The molecule has 4 heteroatoms. The van der Waals surface area contributed by atoms with Crippen LogP contribution in [0.25, 0.3) is 11.1 Å². The molecule has 2 rings (SSSR count). The van der Waals surface area contributed by atoms with Crippen molar-refractivity contribution in [2.75, 3.05) is 7.11 Å². The zero-order chi connectivity index (χ0) is 11.5. The Labute approximate surface area is 94.6 Å². The number of hydrogen-bond acceptors (Lipinski definition) is 3. The Balaban J connectivity index is 2.42. The molecule has 0 saturated carbocycles. The lowest BCUT2D eigenvalue weighted by Crippen LogP contribution is -1.96. The number of hydrogen-bond donors (Lipinski definition) is 1. The monoisotopic (exact) mass is 217 g/mol. The number of aryl methyl sites for hydroxylation is 1. The summed E-state index contributed by atoms with van der Waals surface area (Å²) in [5, 5.41) is 4.17. The zero-order valence-electron chi connectivity index (χ0n) is 9.47. The molecule has 0 bridgehead atoms. The molecule has 1 aromatic carbocycles. The van der Waals surface area contributed by atoms with Gasteiger partial charge in [-0.25, -0.2) is 4.68 Å². The molecular weight excluding hydrogens is 202 g/mol. The first kappa shape index (κ1) is 10.7. The summed E-state index contributed by atoms with van der Waals surface area (Å²) in [5.74, 6) is 0.764. The quantitative estimate of drug-likeness (QED) is 0.848. The van der Waals surface area contributed by atoms with Crippen LogP contribution in [0.2, 0.25) is 0 Å². The van der Waals surface area contributed by atoms with Gasteiger partial charge in [0.2, 0.25) is 5.88 Å². The number of rotatable bonds is 3. The van der Waals surface area contributed by atoms with Crippen molar-refractivity contribution >= 4 is 0 Å². The van der Waals surface area contributed by atoms with Gasteiger partial charge in [0, 0.05) is 13.6 Å². The third-order valence-electron chi connectivity index (χ3n) is 2.58. The summed E-state index contributed by atoms with van der Waals surface area (Å²) in [6, 6.07) is 8.09. The molecule has 84 valence electrons. The Hall–Kier alpha value is -1.81. The molecule has 2 N–H and O–H groups in total. The number of ether oxygens (including phenoxy) is 1. The summed E-state index contributed by atoms with van der Waals surface area (Å²) in [6.07, 6.45) is 1.80. The average molecular weight is 217 g/mol. The van der Waals surface area contributed by atoms with Crippen molar-refractivity contribution < 1.29 is 4.74 Å². The van der Waals surface area contributed by atoms with Gasteiger partial charge in [-0.05, 0) is 11.1 Å². The van der Waals surface area contributed by atoms with E-state index in [9.17, 15) is 0 Å². The van der Waals surface area contributed by atoms with Gasteiger partial charge in [0.1, 0.15) is 0 Å². The second kappa shape index (κ2) is 4.37. The molecule has 0 aliphatic carbocycles. The van der Waals surface area contributed by atoms with Gasteiger partial charge in [-0.3, -0.25) is 0 Å². The molecule has 0 fully saturated rings. The number of nitrogens with two attached hydrogens (primary N) is 1. The van der Waals surface area contributed by atoms with Crippen LogP contribution < -0.4 is 10.5 Å². The molecule has 1 aromatic heterocycles. The van der Waals surface area contributed by atoms with Crippen LogP contribution in [0.3, 0.4) is 0 Å². The minimum absolute atomic E-state index is 0.560. The Kier molecular flexibility index (Phi) is 2.92. The largest absolute Gasteiger partial charge is 0.481 e. The summed E-state index contributed by atoms with van der Waals surface area (Å²) in [5.41, 5.74) is 8.75. The molecule has 0 spiro atoms. The van der Waals surface area contributed by atoms with E-state index in [4.69, 9.17) is 10.5 Å². The van der Waals surface area contributed by atoms with E-state index in [2.05, 4.69) is 5.10 Å². The molecule has 16 heavy (non-hydrogen) atoms. The molecule has 0 saturated heterocycles. The van der Waals surface area contributed by atoms with E-state index in [0.29, 0.717) is 6.54 Å². The Morgan fingerprint density at radius 3 is 2.56 bits per heavy atom. The van der Waals surface area contributed by atoms with Crippen LogP contribution in [0.5, 0.6) is 5.88 Å². The van der Waals surface area contributed by atoms with Gasteiger partial charge in [0.15, 0.2) is 0 Å². The van der Waals surface area contributed by atoms with E-state index < -0.39 is 0 Å². The first-order valence-corrected chi connectivity index (χ1v) is 5.11. The number of methoxy groups -OCH3 is 1. The Bertz CT molecular complexity index is 474. The van der Waals surface area contributed by atoms with Gasteiger partial charge >= 0.3 is 0 Å². The predicted molar refractivity (Wildman–Crippen MR) is 63.1 cm³/mol. The molecule has 0 atom stereocenters. The molecule has 0 aliphatic heterocycles. The highest BCUT2D eigenvalue weighted by molar-refractivity contribution is 5.68. The topological polar surface area (TPSA) is 53.1 Å². The summed E-state index contributed by atoms with van der Waals surface area (Å²) >= 11 is 0. The van der Waals surface area contributed by atoms with Crippen LogP contribution in [0.1, 0.15) is 5.56 Å². The maximum atomic E-state index is 5.56. The van der Waals surface area contributed by atoms with E-state index in [1.165, 1.54) is 0 Å². The smallest absolute Gasteiger partial charge is 0.219 e. The second-order valence-electron chi connectivity index (χ2n) is 3.59. The summed E-state index contributed by atoms with van der Waals surface area (Å²) in [4.78, 5) is 0. The maximum Gasteiger partial charge on any atom is 0.219 e. The molecule has 0 aliphatic rings. The molecule has 0 radical (unpaired) electrons. The predicted octanol–water partition coefficient (Wildman–Crippen LogP) is 1.55. The van der Waals surface area contributed by atoms with Crippen LogP contribution in [-0.2, 0) is 13.6 Å². The number of nitrogens with zero attached hydrogens (tertiary/aromatic N) is 2. The van der Waals surface area contributed by atoms with Crippen LogP contribution in [0, 0.1) is 0 Å². The highest BCUT2D eigenvalue weighted by Crippen LogP contribution is 2.28. The van der Waals surface area contributed by atoms with Crippen molar-refractivity contribution in [3.8, 4) is 17.0 Å².